The molecule has 0 saturated heterocycles. The molecule has 0 aliphatic rings. The van der Waals surface area contributed by atoms with Gasteiger partial charge in [-0.2, -0.15) is 13.2 Å². The Morgan fingerprint density at radius 3 is 2.52 bits per heavy atom. The Bertz CT molecular complexity index is 754. The minimum Gasteiger partial charge on any atom is -0.313 e. The number of alkyl halides is 3. The number of aromatic amines is 1. The van der Waals surface area contributed by atoms with E-state index in [1.165, 1.54) is 18.2 Å². The maximum absolute atomic E-state index is 12.3. The Morgan fingerprint density at radius 2 is 2.00 bits per heavy atom. The van der Waals surface area contributed by atoms with Gasteiger partial charge in [0, 0.05) is 26.5 Å². The fourth-order valence-electron chi connectivity index (χ4n) is 1.40. The van der Waals surface area contributed by atoms with E-state index in [1.807, 2.05) is 0 Å². The van der Waals surface area contributed by atoms with Crippen LogP contribution in [0.4, 0.5) is 18.9 Å². The average molecular weight is 432 g/mol. The maximum Gasteiger partial charge on any atom is 0.471 e. The number of benzene rings is 1. The number of nitrogens with one attached hydrogen (secondary N) is 2. The van der Waals surface area contributed by atoms with E-state index < -0.39 is 17.7 Å². The maximum atomic E-state index is 12.3. The summed E-state index contributed by atoms with van der Waals surface area (Å²) in [7, 11) is 0. The number of H-pyrrole nitrogens is 1. The average Bonchev–Trinajstić information content (AvgIpc) is 2.71. The van der Waals surface area contributed by atoms with Crippen molar-refractivity contribution >= 4 is 43.5 Å². The molecular weight excluding hydrogens is 427 g/mol. The summed E-state index contributed by atoms with van der Waals surface area (Å²) in [6.45, 7) is 0. The van der Waals surface area contributed by atoms with E-state index in [2.05, 4.69) is 41.7 Å². The fraction of sp³-hybridized carbons (Fsp3) is 0.100. The van der Waals surface area contributed by atoms with Gasteiger partial charge in [0.25, 0.3) is 5.69 Å². The van der Waals surface area contributed by atoms with E-state index in [4.69, 9.17) is 0 Å². The van der Waals surface area contributed by atoms with E-state index in [-0.39, 0.29) is 16.0 Å². The van der Waals surface area contributed by atoms with E-state index in [0.29, 0.717) is 4.47 Å². The Balaban J connectivity index is 2.51. The second kappa shape index (κ2) is 5.64. The normalized spacial score (nSPS) is 11.5. The molecule has 0 fully saturated rings. The fourth-order valence-corrected chi connectivity index (χ4v) is 2.10. The highest BCUT2D eigenvalue weighted by Gasteiger charge is 2.39. The van der Waals surface area contributed by atoms with Crippen LogP contribution >= 0.6 is 31.9 Å². The molecule has 1 amide bonds. The molecule has 0 aliphatic heterocycles. The summed E-state index contributed by atoms with van der Waals surface area (Å²) in [5.41, 5.74) is -0.856. The molecule has 1 heterocycles. The van der Waals surface area contributed by atoms with Crippen molar-refractivity contribution in [2.75, 3.05) is 5.32 Å². The summed E-state index contributed by atoms with van der Waals surface area (Å²) in [5, 5.41) is 3.92. The number of carbonyl (C=O) groups is 1. The number of rotatable bonds is 2. The lowest BCUT2D eigenvalue weighted by Gasteiger charge is -2.08. The van der Waals surface area contributed by atoms with Crippen LogP contribution in [0.1, 0.15) is 0 Å². The Morgan fingerprint density at radius 1 is 1.33 bits per heavy atom. The lowest BCUT2D eigenvalue weighted by molar-refractivity contribution is -0.679. The minimum atomic E-state index is -5.03. The summed E-state index contributed by atoms with van der Waals surface area (Å²) < 4.78 is 42.9. The predicted octanol–water partition coefficient (Wildman–Crippen LogP) is 2.27. The quantitative estimate of drug-likeness (QED) is 0.716. The van der Waals surface area contributed by atoms with E-state index in [0.717, 1.165) is 4.68 Å². The molecular formula is C10H5Br2F3N3O3+. The zero-order chi connectivity index (χ0) is 15.8. The van der Waals surface area contributed by atoms with E-state index in [1.54, 1.807) is 5.32 Å². The van der Waals surface area contributed by atoms with Gasteiger partial charge in [0.15, 0.2) is 0 Å². The van der Waals surface area contributed by atoms with Crippen LogP contribution < -0.4 is 15.6 Å². The van der Waals surface area contributed by atoms with Crippen molar-refractivity contribution in [3.8, 4) is 5.69 Å². The Labute approximate surface area is 131 Å². The van der Waals surface area contributed by atoms with Crippen molar-refractivity contribution in [2.45, 2.75) is 6.18 Å². The summed E-state index contributed by atoms with van der Waals surface area (Å²) >= 11 is 6.07. The summed E-state index contributed by atoms with van der Waals surface area (Å²) in [4.78, 5) is 22.3. The van der Waals surface area contributed by atoms with Crippen molar-refractivity contribution in [1.82, 2.24) is 5.27 Å². The zero-order valence-electron chi connectivity index (χ0n) is 9.79. The molecule has 1 aromatic heterocycles. The van der Waals surface area contributed by atoms with Gasteiger partial charge in [-0.1, -0.05) is 15.9 Å². The molecule has 0 aliphatic carbocycles. The Kier molecular flexibility index (Phi) is 4.23. The van der Waals surface area contributed by atoms with E-state index >= 15 is 0 Å². The standard InChI is InChI=1S/C10H4Br2F3N3O3/c11-4-1-2-5(16-9(20)10(13,14)15)6(3-4)18-7(12)8(19)21-17-18/h1-3H,(H-,16,17,19,20)/p+1. The smallest absolute Gasteiger partial charge is 0.313 e. The molecule has 2 aromatic rings. The first-order chi connectivity index (χ1) is 9.70. The first-order valence-corrected chi connectivity index (χ1v) is 6.76. The molecule has 112 valence electrons. The van der Waals surface area contributed by atoms with Crippen LogP contribution in [0.15, 0.2) is 36.6 Å². The molecule has 2 rings (SSSR count). The van der Waals surface area contributed by atoms with Crippen LogP contribution in [0.25, 0.3) is 5.69 Å². The monoisotopic (exact) mass is 430 g/mol. The second-order valence-electron chi connectivity index (χ2n) is 3.72. The molecule has 0 spiro atoms. The van der Waals surface area contributed by atoms with Crippen LogP contribution in [0.3, 0.4) is 0 Å². The van der Waals surface area contributed by atoms with Gasteiger partial charge in [-0.3, -0.25) is 9.32 Å². The van der Waals surface area contributed by atoms with Crippen LogP contribution in [-0.2, 0) is 4.79 Å². The van der Waals surface area contributed by atoms with Crippen LogP contribution in [-0.4, -0.2) is 17.4 Å². The summed E-state index contributed by atoms with van der Waals surface area (Å²) in [6, 6.07) is 4.07. The second-order valence-corrected chi connectivity index (χ2v) is 5.39. The lowest BCUT2D eigenvalue weighted by Crippen LogP contribution is -2.37. The van der Waals surface area contributed by atoms with Gasteiger partial charge < -0.3 is 5.32 Å². The highest BCUT2D eigenvalue weighted by molar-refractivity contribution is 9.10. The van der Waals surface area contributed by atoms with Gasteiger partial charge in [0.05, 0.1) is 0 Å². The topological polar surface area (TPSA) is 79.0 Å². The molecule has 6 nitrogen and oxygen atoms in total. The molecule has 0 unspecified atom stereocenters. The lowest BCUT2D eigenvalue weighted by atomic mass is 10.2. The SMILES string of the molecule is O=C(Nc1ccc(Br)cc1-[n+]1[nH]oc(=O)c1Br)C(F)(F)F. The molecule has 2 N–H and O–H groups in total. The highest BCUT2D eigenvalue weighted by Crippen LogP contribution is 2.24. The van der Waals surface area contributed by atoms with Gasteiger partial charge in [-0.05, 0) is 22.1 Å². The van der Waals surface area contributed by atoms with Gasteiger partial charge in [-0.15, -0.1) is 0 Å². The predicted molar refractivity (Wildman–Crippen MR) is 70.9 cm³/mol. The third-order valence-electron chi connectivity index (χ3n) is 2.30. The number of hydrogen-bond acceptors (Lipinski definition) is 3. The van der Waals surface area contributed by atoms with Crippen LogP contribution in [0.5, 0.6) is 0 Å². The third kappa shape index (κ3) is 3.35. The number of aromatic nitrogens is 2. The van der Waals surface area contributed by atoms with Crippen molar-refractivity contribution < 1.29 is 27.2 Å². The number of nitrogens with zero attached hydrogens (tertiary/aromatic N) is 1. The number of carbonyl (C=O) groups excluding carboxylic acids is 1. The van der Waals surface area contributed by atoms with Crippen molar-refractivity contribution in [1.29, 1.82) is 0 Å². The summed E-state index contributed by atoms with van der Waals surface area (Å²) in [5.74, 6) is -2.13. The Hall–Kier alpha value is -1.62. The van der Waals surface area contributed by atoms with Crippen LogP contribution in [0.2, 0.25) is 0 Å². The highest BCUT2D eigenvalue weighted by atomic mass is 79.9. The minimum absolute atomic E-state index is 0.0692. The summed E-state index contributed by atoms with van der Waals surface area (Å²) in [6.07, 6.45) is -5.03. The van der Waals surface area contributed by atoms with Gasteiger partial charge in [0.1, 0.15) is 5.69 Å². The number of hydrogen-bond donors (Lipinski definition) is 2. The molecule has 0 radical (unpaired) electrons. The van der Waals surface area contributed by atoms with Crippen molar-refractivity contribution in [3.63, 3.8) is 0 Å². The van der Waals surface area contributed by atoms with Gasteiger partial charge in [-0.25, -0.2) is 4.79 Å². The molecule has 1 aromatic carbocycles. The van der Waals surface area contributed by atoms with Crippen LogP contribution in [0, 0.1) is 0 Å². The molecule has 11 heteroatoms. The zero-order valence-corrected chi connectivity index (χ0v) is 13.0. The first-order valence-electron chi connectivity index (χ1n) is 5.17. The largest absolute Gasteiger partial charge is 0.471 e. The van der Waals surface area contributed by atoms with Gasteiger partial charge in [0.2, 0.25) is 0 Å². The van der Waals surface area contributed by atoms with Gasteiger partial charge >= 0.3 is 22.3 Å². The van der Waals surface area contributed by atoms with Crippen molar-refractivity contribution in [2.24, 2.45) is 0 Å². The van der Waals surface area contributed by atoms with E-state index in [9.17, 15) is 22.8 Å². The number of amides is 1. The molecule has 0 bridgehead atoms. The number of anilines is 1. The third-order valence-corrected chi connectivity index (χ3v) is 3.47. The molecule has 0 saturated carbocycles. The number of halogens is 5. The molecule has 0 atom stereocenters. The van der Waals surface area contributed by atoms with Crippen molar-refractivity contribution in [3.05, 3.63) is 37.7 Å². The first kappa shape index (κ1) is 15.8. The molecule has 21 heavy (non-hydrogen) atoms.